The van der Waals surface area contributed by atoms with Crippen molar-refractivity contribution >= 4 is 10.8 Å². The lowest BCUT2D eigenvalue weighted by Gasteiger charge is -2.16. The topological polar surface area (TPSA) is 52.3 Å². The van der Waals surface area contributed by atoms with Crippen LogP contribution >= 0.6 is 0 Å². The van der Waals surface area contributed by atoms with E-state index < -0.39 is 10.8 Å². The fourth-order valence-corrected chi connectivity index (χ4v) is 4.30. The molecule has 112 valence electrons. The molecule has 1 aliphatic rings. The Kier molecular flexibility index (Phi) is 5.61. The molecular formula is C16H25NO2S. The number of rotatable bonds is 6. The molecule has 1 aromatic rings. The van der Waals surface area contributed by atoms with Crippen molar-refractivity contribution < 1.29 is 8.95 Å². The smallest absolute Gasteiger partial charge is 0.119 e. The highest BCUT2D eigenvalue weighted by Crippen LogP contribution is 2.25. The second-order valence-corrected chi connectivity index (χ2v) is 7.56. The third-order valence-corrected chi connectivity index (χ3v) is 5.60. The summed E-state index contributed by atoms with van der Waals surface area (Å²) in [6.07, 6.45) is 4.80. The number of ether oxygens (including phenoxy) is 1. The van der Waals surface area contributed by atoms with E-state index in [9.17, 15) is 4.21 Å². The molecule has 3 nitrogen and oxygen atoms in total. The van der Waals surface area contributed by atoms with E-state index in [-0.39, 0.29) is 12.1 Å². The third-order valence-electron chi connectivity index (χ3n) is 3.70. The van der Waals surface area contributed by atoms with E-state index in [0.29, 0.717) is 11.0 Å². The molecule has 1 aromatic carbocycles. The Balaban J connectivity index is 1.91. The lowest BCUT2D eigenvalue weighted by molar-refractivity contribution is 0.242. The summed E-state index contributed by atoms with van der Waals surface area (Å²) >= 11 is 0. The average molecular weight is 295 g/mol. The van der Waals surface area contributed by atoms with Crippen molar-refractivity contribution in [2.24, 2.45) is 5.73 Å². The first kappa shape index (κ1) is 15.5. The maximum absolute atomic E-state index is 12.2. The first-order valence-corrected chi connectivity index (χ1v) is 8.84. The molecule has 1 fully saturated rings. The third kappa shape index (κ3) is 4.32. The van der Waals surface area contributed by atoms with Crippen LogP contribution in [0.3, 0.4) is 0 Å². The molecule has 20 heavy (non-hydrogen) atoms. The van der Waals surface area contributed by atoms with Crippen LogP contribution in [0.4, 0.5) is 0 Å². The number of hydrogen-bond acceptors (Lipinski definition) is 3. The molecule has 1 aliphatic carbocycles. The number of hydrogen-bond donors (Lipinski definition) is 1. The second-order valence-electron chi connectivity index (χ2n) is 5.80. The van der Waals surface area contributed by atoms with Gasteiger partial charge in [-0.15, -0.1) is 0 Å². The standard InChI is InChI=1S/C16H25NO2S/c1-12(2)19-14-9-7-13(8-10-14)16(17)11-20(18)15-5-3-4-6-15/h7-10,12,15-16H,3-6,11,17H2,1-2H3. The van der Waals surface area contributed by atoms with Gasteiger partial charge in [-0.1, -0.05) is 25.0 Å². The zero-order valence-electron chi connectivity index (χ0n) is 12.4. The van der Waals surface area contributed by atoms with Crippen LogP contribution in [0.15, 0.2) is 24.3 Å². The Morgan fingerprint density at radius 3 is 2.40 bits per heavy atom. The second kappa shape index (κ2) is 7.23. The van der Waals surface area contributed by atoms with E-state index in [4.69, 9.17) is 10.5 Å². The Bertz CT molecular complexity index is 438. The van der Waals surface area contributed by atoms with Crippen molar-refractivity contribution in [2.45, 2.75) is 56.9 Å². The van der Waals surface area contributed by atoms with Gasteiger partial charge in [0.2, 0.25) is 0 Å². The molecule has 0 aromatic heterocycles. The van der Waals surface area contributed by atoms with Gasteiger partial charge in [0, 0.05) is 27.8 Å². The van der Waals surface area contributed by atoms with Crippen LogP contribution in [0.5, 0.6) is 5.75 Å². The summed E-state index contributed by atoms with van der Waals surface area (Å²) in [6.45, 7) is 4.01. The van der Waals surface area contributed by atoms with E-state index in [0.717, 1.165) is 24.2 Å². The van der Waals surface area contributed by atoms with Gasteiger partial charge in [0.25, 0.3) is 0 Å². The van der Waals surface area contributed by atoms with Gasteiger partial charge in [0.15, 0.2) is 0 Å². The van der Waals surface area contributed by atoms with Crippen LogP contribution in [0.2, 0.25) is 0 Å². The van der Waals surface area contributed by atoms with E-state index >= 15 is 0 Å². The van der Waals surface area contributed by atoms with Crippen LogP contribution < -0.4 is 10.5 Å². The quantitative estimate of drug-likeness (QED) is 0.877. The van der Waals surface area contributed by atoms with Crippen molar-refractivity contribution in [1.82, 2.24) is 0 Å². The minimum absolute atomic E-state index is 0.149. The van der Waals surface area contributed by atoms with Gasteiger partial charge in [-0.05, 0) is 44.4 Å². The first-order chi connectivity index (χ1) is 9.56. The Hall–Kier alpha value is -0.870. The van der Waals surface area contributed by atoms with Crippen molar-refractivity contribution in [3.05, 3.63) is 29.8 Å². The summed E-state index contributed by atoms with van der Waals surface area (Å²) in [6, 6.07) is 7.69. The zero-order chi connectivity index (χ0) is 14.5. The molecule has 0 saturated heterocycles. The van der Waals surface area contributed by atoms with Crippen LogP contribution in [0.25, 0.3) is 0 Å². The lowest BCUT2D eigenvalue weighted by Crippen LogP contribution is -2.23. The van der Waals surface area contributed by atoms with Crippen molar-refractivity contribution in [3.63, 3.8) is 0 Å². The van der Waals surface area contributed by atoms with Gasteiger partial charge in [-0.3, -0.25) is 4.21 Å². The normalized spacial score (nSPS) is 19.2. The maximum Gasteiger partial charge on any atom is 0.119 e. The minimum atomic E-state index is -0.797. The molecule has 2 atom stereocenters. The Labute approximate surface area is 124 Å². The summed E-state index contributed by atoms with van der Waals surface area (Å²) < 4.78 is 17.9. The van der Waals surface area contributed by atoms with Crippen molar-refractivity contribution in [1.29, 1.82) is 0 Å². The molecule has 2 N–H and O–H groups in total. The number of nitrogens with two attached hydrogens (primary N) is 1. The first-order valence-electron chi connectivity index (χ1n) is 7.45. The molecular weight excluding hydrogens is 270 g/mol. The molecule has 1 saturated carbocycles. The molecule has 2 rings (SSSR count). The molecule has 0 radical (unpaired) electrons. The van der Waals surface area contributed by atoms with Gasteiger partial charge >= 0.3 is 0 Å². The molecule has 0 aliphatic heterocycles. The molecule has 0 spiro atoms. The highest BCUT2D eigenvalue weighted by Gasteiger charge is 2.23. The summed E-state index contributed by atoms with van der Waals surface area (Å²) in [5.74, 6) is 1.42. The fourth-order valence-electron chi connectivity index (χ4n) is 2.63. The number of benzene rings is 1. The van der Waals surface area contributed by atoms with Gasteiger partial charge in [0.1, 0.15) is 5.75 Å². The van der Waals surface area contributed by atoms with Gasteiger partial charge < -0.3 is 10.5 Å². The monoisotopic (exact) mass is 295 g/mol. The highest BCUT2D eigenvalue weighted by molar-refractivity contribution is 7.85. The Morgan fingerprint density at radius 1 is 1.25 bits per heavy atom. The van der Waals surface area contributed by atoms with E-state index in [1.54, 1.807) is 0 Å². The molecule has 0 heterocycles. The summed E-state index contributed by atoms with van der Waals surface area (Å²) in [5, 5.41) is 0.365. The summed E-state index contributed by atoms with van der Waals surface area (Å²) in [5.41, 5.74) is 7.22. The van der Waals surface area contributed by atoms with E-state index in [1.165, 1.54) is 12.8 Å². The summed E-state index contributed by atoms with van der Waals surface area (Å²) in [4.78, 5) is 0. The predicted molar refractivity (Wildman–Crippen MR) is 84.4 cm³/mol. The van der Waals surface area contributed by atoms with Crippen LogP contribution in [-0.4, -0.2) is 21.3 Å². The highest BCUT2D eigenvalue weighted by atomic mass is 32.2. The fraction of sp³-hybridized carbons (Fsp3) is 0.625. The van der Waals surface area contributed by atoms with E-state index in [2.05, 4.69) is 0 Å². The van der Waals surface area contributed by atoms with Gasteiger partial charge in [-0.25, -0.2) is 0 Å². The van der Waals surface area contributed by atoms with Gasteiger partial charge in [-0.2, -0.15) is 0 Å². The summed E-state index contributed by atoms with van der Waals surface area (Å²) in [7, 11) is -0.797. The minimum Gasteiger partial charge on any atom is -0.491 e. The molecule has 2 unspecified atom stereocenters. The average Bonchev–Trinajstić information content (AvgIpc) is 2.92. The Morgan fingerprint density at radius 2 is 1.85 bits per heavy atom. The molecule has 0 bridgehead atoms. The largest absolute Gasteiger partial charge is 0.491 e. The molecule has 4 heteroatoms. The van der Waals surface area contributed by atoms with Gasteiger partial charge in [0.05, 0.1) is 6.10 Å². The maximum atomic E-state index is 12.2. The van der Waals surface area contributed by atoms with Crippen LogP contribution in [0, 0.1) is 0 Å². The van der Waals surface area contributed by atoms with Crippen LogP contribution in [0.1, 0.15) is 51.1 Å². The van der Waals surface area contributed by atoms with Crippen molar-refractivity contribution in [3.8, 4) is 5.75 Å². The van der Waals surface area contributed by atoms with Crippen molar-refractivity contribution in [2.75, 3.05) is 5.75 Å². The van der Waals surface area contributed by atoms with Crippen LogP contribution in [-0.2, 0) is 10.8 Å². The lowest BCUT2D eigenvalue weighted by atomic mass is 10.1. The zero-order valence-corrected chi connectivity index (χ0v) is 13.2. The molecule has 0 amide bonds. The predicted octanol–water partition coefficient (Wildman–Crippen LogP) is 3.16. The van der Waals surface area contributed by atoms with E-state index in [1.807, 2.05) is 38.1 Å². The SMILES string of the molecule is CC(C)Oc1ccc(C(N)CS(=O)C2CCCC2)cc1.